The predicted molar refractivity (Wildman–Crippen MR) is 106 cm³/mol. The summed E-state index contributed by atoms with van der Waals surface area (Å²) >= 11 is 0. The molecule has 8 heteroatoms. The Bertz CT molecular complexity index is 957. The minimum Gasteiger partial charge on any atom is -0.372 e. The first-order valence-corrected chi connectivity index (χ1v) is 10.7. The van der Waals surface area contributed by atoms with E-state index in [1.165, 1.54) is 26.3 Å². The molecule has 1 amide bonds. The van der Waals surface area contributed by atoms with Gasteiger partial charge >= 0.3 is 0 Å². The number of carbonyl (C=O) groups is 1. The molecule has 1 aliphatic heterocycles. The van der Waals surface area contributed by atoms with Gasteiger partial charge in [0.05, 0.1) is 10.5 Å². The lowest BCUT2D eigenvalue weighted by molar-refractivity contribution is 0.0946. The van der Waals surface area contributed by atoms with Gasteiger partial charge in [0.15, 0.2) is 0 Å². The van der Waals surface area contributed by atoms with Gasteiger partial charge in [0.2, 0.25) is 10.0 Å². The molecular weight excluding hydrogens is 381 g/mol. The first kappa shape index (κ1) is 20.3. The standard InChI is InChI=1S/C20H24FN3O3S/c1-22-28(26,27)17-8-9-19(21)18(13-17)20(25)23-14-15-6-5-7-16(12-15)24-10-3-2-4-11-24/h5-9,12-13,22H,2-4,10-11,14H2,1H3,(H,23,25). The molecule has 0 bridgehead atoms. The Morgan fingerprint density at radius 3 is 2.57 bits per heavy atom. The summed E-state index contributed by atoms with van der Waals surface area (Å²) in [4.78, 5) is 14.6. The molecule has 2 aromatic rings. The Labute approximate surface area is 164 Å². The van der Waals surface area contributed by atoms with Gasteiger partial charge in [0.25, 0.3) is 5.91 Å². The van der Waals surface area contributed by atoms with Crippen LogP contribution < -0.4 is 14.9 Å². The molecule has 1 heterocycles. The molecule has 1 aliphatic rings. The lowest BCUT2D eigenvalue weighted by atomic mass is 10.1. The van der Waals surface area contributed by atoms with E-state index in [0.717, 1.165) is 42.5 Å². The highest BCUT2D eigenvalue weighted by molar-refractivity contribution is 7.89. The van der Waals surface area contributed by atoms with Crippen molar-refractivity contribution in [3.8, 4) is 0 Å². The Hall–Kier alpha value is -2.45. The van der Waals surface area contributed by atoms with Gasteiger partial charge in [-0.25, -0.2) is 17.5 Å². The maximum Gasteiger partial charge on any atom is 0.254 e. The Kier molecular flexibility index (Phi) is 6.31. The minimum absolute atomic E-state index is 0.159. The molecule has 150 valence electrons. The fourth-order valence-electron chi connectivity index (χ4n) is 3.26. The lowest BCUT2D eigenvalue weighted by Gasteiger charge is -2.29. The summed E-state index contributed by atoms with van der Waals surface area (Å²) < 4.78 is 40.0. The second-order valence-corrected chi connectivity index (χ2v) is 8.64. The van der Waals surface area contributed by atoms with E-state index in [0.29, 0.717) is 0 Å². The Morgan fingerprint density at radius 2 is 1.86 bits per heavy atom. The smallest absolute Gasteiger partial charge is 0.254 e. The van der Waals surface area contributed by atoms with E-state index in [9.17, 15) is 17.6 Å². The molecule has 0 aliphatic carbocycles. The van der Waals surface area contributed by atoms with Crippen molar-refractivity contribution >= 4 is 21.6 Å². The van der Waals surface area contributed by atoms with Crippen LogP contribution in [0.3, 0.4) is 0 Å². The van der Waals surface area contributed by atoms with E-state index in [4.69, 9.17) is 0 Å². The molecule has 3 rings (SSSR count). The highest BCUT2D eigenvalue weighted by Crippen LogP contribution is 2.21. The molecule has 0 spiro atoms. The molecule has 6 nitrogen and oxygen atoms in total. The number of hydrogen-bond donors (Lipinski definition) is 2. The maximum atomic E-state index is 14.1. The van der Waals surface area contributed by atoms with Crippen molar-refractivity contribution in [1.82, 2.24) is 10.0 Å². The molecule has 2 aromatic carbocycles. The fourth-order valence-corrected chi connectivity index (χ4v) is 4.01. The Balaban J connectivity index is 1.71. The number of halogens is 1. The second kappa shape index (κ2) is 8.70. The minimum atomic E-state index is -3.76. The maximum absolute atomic E-state index is 14.1. The van der Waals surface area contributed by atoms with E-state index in [-0.39, 0.29) is 17.0 Å². The van der Waals surface area contributed by atoms with Crippen molar-refractivity contribution < 1.29 is 17.6 Å². The van der Waals surface area contributed by atoms with Crippen molar-refractivity contribution in [2.75, 3.05) is 25.0 Å². The normalized spacial score (nSPS) is 14.7. The number of piperidine rings is 1. The number of benzene rings is 2. The van der Waals surface area contributed by atoms with Crippen LogP contribution in [0.1, 0.15) is 35.2 Å². The van der Waals surface area contributed by atoms with Crippen LogP contribution >= 0.6 is 0 Å². The SMILES string of the molecule is CNS(=O)(=O)c1ccc(F)c(C(=O)NCc2cccc(N3CCCCC3)c2)c1. The fraction of sp³-hybridized carbons (Fsp3) is 0.350. The van der Waals surface area contributed by atoms with Gasteiger partial charge < -0.3 is 10.2 Å². The first-order valence-electron chi connectivity index (χ1n) is 9.26. The highest BCUT2D eigenvalue weighted by atomic mass is 32.2. The largest absolute Gasteiger partial charge is 0.372 e. The van der Waals surface area contributed by atoms with E-state index >= 15 is 0 Å². The van der Waals surface area contributed by atoms with E-state index in [1.54, 1.807) is 0 Å². The van der Waals surface area contributed by atoms with Gasteiger partial charge in [0.1, 0.15) is 5.82 Å². The van der Waals surface area contributed by atoms with Crippen LogP contribution in [0.5, 0.6) is 0 Å². The van der Waals surface area contributed by atoms with Crippen molar-refractivity contribution in [2.45, 2.75) is 30.7 Å². The van der Waals surface area contributed by atoms with Gasteiger partial charge in [0, 0.05) is 25.3 Å². The zero-order chi connectivity index (χ0) is 20.1. The zero-order valence-electron chi connectivity index (χ0n) is 15.7. The van der Waals surface area contributed by atoms with Crippen LogP contribution in [0.15, 0.2) is 47.4 Å². The summed E-state index contributed by atoms with van der Waals surface area (Å²) in [7, 11) is -2.50. The number of hydrogen-bond acceptors (Lipinski definition) is 4. The average molecular weight is 405 g/mol. The van der Waals surface area contributed by atoms with Gasteiger partial charge in [-0.1, -0.05) is 12.1 Å². The highest BCUT2D eigenvalue weighted by Gasteiger charge is 2.18. The van der Waals surface area contributed by atoms with Crippen LogP contribution in [0.2, 0.25) is 0 Å². The van der Waals surface area contributed by atoms with Crippen LogP contribution in [-0.2, 0) is 16.6 Å². The lowest BCUT2D eigenvalue weighted by Crippen LogP contribution is -2.29. The number of anilines is 1. The quantitative estimate of drug-likeness (QED) is 0.775. The number of rotatable bonds is 6. The van der Waals surface area contributed by atoms with Crippen molar-refractivity contribution in [3.05, 3.63) is 59.4 Å². The third-order valence-corrected chi connectivity index (χ3v) is 6.26. The van der Waals surface area contributed by atoms with E-state index in [1.807, 2.05) is 24.3 Å². The molecule has 1 saturated heterocycles. The number of sulfonamides is 1. The van der Waals surface area contributed by atoms with Crippen molar-refractivity contribution in [3.63, 3.8) is 0 Å². The molecule has 28 heavy (non-hydrogen) atoms. The summed E-state index contributed by atoms with van der Waals surface area (Å²) in [5.41, 5.74) is 1.71. The predicted octanol–water partition coefficient (Wildman–Crippen LogP) is 2.65. The Morgan fingerprint density at radius 1 is 1.11 bits per heavy atom. The summed E-state index contributed by atoms with van der Waals surface area (Å²) in [6, 6.07) is 11.0. The van der Waals surface area contributed by atoms with Gasteiger partial charge in [-0.3, -0.25) is 4.79 Å². The monoisotopic (exact) mass is 405 g/mol. The molecule has 0 radical (unpaired) electrons. The number of carbonyl (C=O) groups excluding carboxylic acids is 1. The number of nitrogens with zero attached hydrogens (tertiary/aromatic N) is 1. The van der Waals surface area contributed by atoms with Gasteiger partial charge in [-0.05, 0) is 62.2 Å². The number of nitrogens with one attached hydrogen (secondary N) is 2. The molecule has 0 unspecified atom stereocenters. The molecular formula is C20H24FN3O3S. The van der Waals surface area contributed by atoms with Crippen molar-refractivity contribution in [1.29, 1.82) is 0 Å². The molecule has 0 atom stereocenters. The third kappa shape index (κ3) is 4.69. The van der Waals surface area contributed by atoms with E-state index < -0.39 is 21.7 Å². The van der Waals surface area contributed by atoms with Crippen LogP contribution in [-0.4, -0.2) is 34.5 Å². The summed E-state index contributed by atoms with van der Waals surface area (Å²) in [5.74, 6) is -1.43. The van der Waals surface area contributed by atoms with Gasteiger partial charge in [-0.15, -0.1) is 0 Å². The van der Waals surface area contributed by atoms with Crippen molar-refractivity contribution in [2.24, 2.45) is 0 Å². The molecule has 1 fully saturated rings. The summed E-state index contributed by atoms with van der Waals surface area (Å²) in [6.45, 7) is 2.27. The summed E-state index contributed by atoms with van der Waals surface area (Å²) in [6.07, 6.45) is 3.60. The van der Waals surface area contributed by atoms with E-state index in [2.05, 4.69) is 14.9 Å². The molecule has 0 saturated carbocycles. The number of amides is 1. The van der Waals surface area contributed by atoms with Crippen LogP contribution in [0, 0.1) is 5.82 Å². The second-order valence-electron chi connectivity index (χ2n) is 6.75. The van der Waals surface area contributed by atoms with Crippen LogP contribution in [0.25, 0.3) is 0 Å². The zero-order valence-corrected chi connectivity index (χ0v) is 16.6. The van der Waals surface area contributed by atoms with Gasteiger partial charge in [-0.2, -0.15) is 0 Å². The molecule has 0 aromatic heterocycles. The first-order chi connectivity index (χ1) is 13.4. The average Bonchev–Trinajstić information content (AvgIpc) is 2.73. The topological polar surface area (TPSA) is 78.5 Å². The summed E-state index contributed by atoms with van der Waals surface area (Å²) in [5, 5.41) is 2.67. The molecule has 2 N–H and O–H groups in total. The van der Waals surface area contributed by atoms with Crippen LogP contribution in [0.4, 0.5) is 10.1 Å². The third-order valence-electron chi connectivity index (χ3n) is 4.85.